The number of pyridine rings is 2. The number of esters is 3. The molecule has 4 atom stereocenters. The van der Waals surface area contributed by atoms with Gasteiger partial charge < -0.3 is 18.9 Å². The fourth-order valence-electron chi connectivity index (χ4n) is 3.15. The highest BCUT2D eigenvalue weighted by molar-refractivity contribution is 7.99. The van der Waals surface area contributed by atoms with Crippen molar-refractivity contribution in [2.24, 2.45) is 0 Å². The van der Waals surface area contributed by atoms with Gasteiger partial charge in [0.25, 0.3) is 5.95 Å². The second-order valence-electron chi connectivity index (χ2n) is 7.00. The van der Waals surface area contributed by atoms with Gasteiger partial charge in [0.1, 0.15) is 0 Å². The Morgan fingerprint density at radius 1 is 0.909 bits per heavy atom. The zero-order valence-electron chi connectivity index (χ0n) is 17.8. The maximum atomic E-state index is 14.5. The van der Waals surface area contributed by atoms with Gasteiger partial charge in [-0.05, 0) is 18.2 Å². The monoisotopic (exact) mass is 482 g/mol. The van der Waals surface area contributed by atoms with Crippen LogP contribution in [-0.4, -0.2) is 57.4 Å². The quantitative estimate of drug-likeness (QED) is 0.346. The highest BCUT2D eigenvalue weighted by Crippen LogP contribution is 2.35. The summed E-state index contributed by atoms with van der Waals surface area (Å²) in [7, 11) is 0. The van der Waals surface area contributed by atoms with Crippen molar-refractivity contribution in [1.82, 2.24) is 9.97 Å². The Balaban J connectivity index is 1.91. The van der Waals surface area contributed by atoms with E-state index in [4.69, 9.17) is 18.9 Å². The van der Waals surface area contributed by atoms with E-state index in [-0.39, 0.29) is 11.5 Å². The smallest absolute Gasteiger partial charge is 0.303 e. The Morgan fingerprint density at radius 3 is 2.15 bits per heavy atom. The lowest BCUT2D eigenvalue weighted by Gasteiger charge is -2.39. The molecule has 2 aromatic heterocycles. The second-order valence-corrected chi connectivity index (χ2v) is 8.13. The average Bonchev–Trinajstić information content (AvgIpc) is 2.73. The van der Waals surface area contributed by atoms with Crippen LogP contribution in [0.5, 0.6) is 5.75 Å². The highest BCUT2D eigenvalue weighted by Gasteiger charge is 2.48. The van der Waals surface area contributed by atoms with Gasteiger partial charge in [0.2, 0.25) is 5.95 Å². The molecule has 176 valence electrons. The summed E-state index contributed by atoms with van der Waals surface area (Å²) in [6.45, 7) is 3.49. The summed E-state index contributed by atoms with van der Waals surface area (Å²) in [4.78, 5) is 42.1. The molecule has 0 aliphatic carbocycles. The molecule has 1 aliphatic heterocycles. The molecule has 0 spiro atoms. The van der Waals surface area contributed by atoms with Crippen LogP contribution in [-0.2, 0) is 28.6 Å². The molecular weight excluding hydrogens is 462 g/mol. The molecule has 0 radical (unpaired) electrons. The number of aromatic nitrogens is 2. The first-order valence-corrected chi connectivity index (χ1v) is 10.8. The average molecular weight is 482 g/mol. The number of nitrogens with zero attached hydrogens (tertiary/aromatic N) is 2. The molecule has 33 heavy (non-hydrogen) atoms. The van der Waals surface area contributed by atoms with Crippen LogP contribution in [0.25, 0.3) is 11.1 Å². The van der Waals surface area contributed by atoms with Crippen LogP contribution in [0.15, 0.2) is 30.6 Å². The Labute approximate surface area is 191 Å². The molecule has 9 nitrogen and oxygen atoms in total. The summed E-state index contributed by atoms with van der Waals surface area (Å²) in [5.41, 5.74) is -0.157. The Bertz CT molecular complexity index is 1040. The molecule has 3 rings (SSSR count). The number of thioether (sulfide) groups is 1. The lowest BCUT2D eigenvalue weighted by Crippen LogP contribution is -2.55. The molecule has 0 unspecified atom stereocenters. The number of rotatable bonds is 6. The van der Waals surface area contributed by atoms with Crippen molar-refractivity contribution < 1.29 is 42.1 Å². The summed E-state index contributed by atoms with van der Waals surface area (Å²) in [5, 5.41) is 0. The largest absolute Gasteiger partial charge is 0.471 e. The molecule has 0 N–H and O–H groups in total. The molecule has 1 fully saturated rings. The van der Waals surface area contributed by atoms with Gasteiger partial charge in [-0.2, -0.15) is 8.78 Å². The first-order chi connectivity index (χ1) is 15.6. The fourth-order valence-corrected chi connectivity index (χ4v) is 4.36. The molecule has 1 aliphatic rings. The van der Waals surface area contributed by atoms with Crippen molar-refractivity contribution in [3.63, 3.8) is 0 Å². The van der Waals surface area contributed by atoms with Gasteiger partial charge in [-0.3, -0.25) is 14.4 Å². The number of hydrogen-bond donors (Lipinski definition) is 0. The maximum Gasteiger partial charge on any atom is 0.303 e. The van der Waals surface area contributed by atoms with E-state index in [1.807, 2.05) is 0 Å². The molecular formula is C21H20F2N2O7S. The number of hydrogen-bond acceptors (Lipinski definition) is 10. The van der Waals surface area contributed by atoms with Crippen molar-refractivity contribution in [3.05, 3.63) is 42.5 Å². The lowest BCUT2D eigenvalue weighted by atomic mass is 10.1. The first-order valence-electron chi connectivity index (χ1n) is 9.71. The van der Waals surface area contributed by atoms with Crippen LogP contribution in [0, 0.1) is 11.9 Å². The molecule has 12 heteroatoms. The molecule has 1 saturated heterocycles. The second kappa shape index (κ2) is 10.6. The van der Waals surface area contributed by atoms with Crippen molar-refractivity contribution in [3.8, 4) is 16.9 Å². The van der Waals surface area contributed by atoms with Gasteiger partial charge in [0.15, 0.2) is 29.5 Å². The van der Waals surface area contributed by atoms with Crippen molar-refractivity contribution >= 4 is 29.7 Å². The topological polar surface area (TPSA) is 114 Å². The van der Waals surface area contributed by atoms with Crippen LogP contribution >= 0.6 is 11.8 Å². The van der Waals surface area contributed by atoms with Crippen molar-refractivity contribution in [1.29, 1.82) is 0 Å². The van der Waals surface area contributed by atoms with Crippen LogP contribution in [0.4, 0.5) is 8.78 Å². The molecule has 3 heterocycles. The summed E-state index contributed by atoms with van der Waals surface area (Å²) >= 11 is 1.08. The third-order valence-corrected chi connectivity index (χ3v) is 5.63. The van der Waals surface area contributed by atoms with E-state index >= 15 is 0 Å². The zero-order valence-corrected chi connectivity index (χ0v) is 18.6. The number of carbonyl (C=O) groups is 3. The molecule has 0 amide bonds. The van der Waals surface area contributed by atoms with Crippen molar-refractivity contribution in [2.75, 3.05) is 5.75 Å². The standard InChI is InChI=1S/C21H20F2N2O7S/c1-10(26)29-16-9-33-21(19(31-12(3)28)18(16)30-11(2)27)32-15-6-14(8-25-20(15)23)13-4-5-17(22)24-7-13/h4-8,16,18-19,21H,9H2,1-3H3/t16-,18+,19-,21+/m1/s1. The molecule has 0 saturated carbocycles. The van der Waals surface area contributed by atoms with Crippen LogP contribution in [0.1, 0.15) is 20.8 Å². The van der Waals surface area contributed by atoms with Gasteiger partial charge in [-0.15, -0.1) is 11.8 Å². The molecule has 2 aromatic rings. The summed E-state index contributed by atoms with van der Waals surface area (Å²) in [5.74, 6) is -3.79. The number of carbonyl (C=O) groups excluding carboxylic acids is 3. The van der Waals surface area contributed by atoms with Crippen LogP contribution in [0.2, 0.25) is 0 Å². The SMILES string of the molecule is CC(=O)O[C@@H]1[C@@H](OC(C)=O)[C@@H](Oc2cc(-c3ccc(F)nc3)cnc2F)SC[C@H]1OC(C)=O. The Hall–Kier alpha value is -3.28. The fraction of sp³-hybridized carbons (Fsp3) is 0.381. The highest BCUT2D eigenvalue weighted by atomic mass is 32.2. The van der Waals surface area contributed by atoms with Gasteiger partial charge in [-0.25, -0.2) is 9.97 Å². The van der Waals surface area contributed by atoms with Gasteiger partial charge >= 0.3 is 17.9 Å². The first kappa shape index (κ1) is 24.4. The van der Waals surface area contributed by atoms with Gasteiger partial charge in [-0.1, -0.05) is 0 Å². The van der Waals surface area contributed by atoms with Crippen molar-refractivity contribution in [2.45, 2.75) is 44.5 Å². The third kappa shape index (κ3) is 6.37. The minimum Gasteiger partial charge on any atom is -0.471 e. The van der Waals surface area contributed by atoms with E-state index in [1.165, 1.54) is 31.5 Å². The van der Waals surface area contributed by atoms with E-state index in [2.05, 4.69) is 9.97 Å². The summed E-state index contributed by atoms with van der Waals surface area (Å²) < 4.78 is 49.2. The zero-order chi connectivity index (χ0) is 24.1. The maximum absolute atomic E-state index is 14.5. The Kier molecular flexibility index (Phi) is 7.79. The predicted octanol–water partition coefficient (Wildman–Crippen LogP) is 2.67. The Morgan fingerprint density at radius 2 is 1.55 bits per heavy atom. The van der Waals surface area contributed by atoms with E-state index < -0.39 is 53.6 Å². The normalized spacial score (nSPS) is 22.2. The molecule has 0 bridgehead atoms. The van der Waals surface area contributed by atoms with E-state index in [9.17, 15) is 23.2 Å². The third-order valence-electron chi connectivity index (χ3n) is 4.42. The molecule has 0 aromatic carbocycles. The van der Waals surface area contributed by atoms with E-state index in [0.717, 1.165) is 31.7 Å². The minimum absolute atomic E-state index is 0.122. The predicted molar refractivity (Wildman–Crippen MR) is 111 cm³/mol. The van der Waals surface area contributed by atoms with E-state index in [1.54, 1.807) is 0 Å². The minimum atomic E-state index is -1.22. The number of halogens is 2. The number of ether oxygens (including phenoxy) is 4. The van der Waals surface area contributed by atoms with Gasteiger partial charge in [0, 0.05) is 50.0 Å². The van der Waals surface area contributed by atoms with E-state index in [0.29, 0.717) is 11.1 Å². The lowest BCUT2D eigenvalue weighted by molar-refractivity contribution is -0.186. The van der Waals surface area contributed by atoms with Crippen LogP contribution < -0.4 is 4.74 Å². The van der Waals surface area contributed by atoms with Gasteiger partial charge in [0.05, 0.1) is 0 Å². The van der Waals surface area contributed by atoms with Crippen LogP contribution in [0.3, 0.4) is 0 Å². The summed E-state index contributed by atoms with van der Waals surface area (Å²) in [6, 6.07) is 3.92. The summed E-state index contributed by atoms with van der Waals surface area (Å²) in [6.07, 6.45) is -0.828.